The SMILES string of the molecule is Cc1ccc(F)cc1C(=O)N1CCCC1CCCCl. The van der Waals surface area contributed by atoms with Crippen molar-refractivity contribution in [1.82, 2.24) is 4.90 Å². The number of nitrogens with zero attached hydrogens (tertiary/aromatic N) is 1. The average Bonchev–Trinajstić information content (AvgIpc) is 2.86. The van der Waals surface area contributed by atoms with Gasteiger partial charge in [-0.05, 0) is 50.3 Å². The summed E-state index contributed by atoms with van der Waals surface area (Å²) in [7, 11) is 0. The summed E-state index contributed by atoms with van der Waals surface area (Å²) < 4.78 is 13.3. The Morgan fingerprint density at radius 3 is 3.05 bits per heavy atom. The monoisotopic (exact) mass is 283 g/mol. The number of hydrogen-bond donors (Lipinski definition) is 0. The molecule has 1 amide bonds. The van der Waals surface area contributed by atoms with E-state index in [4.69, 9.17) is 11.6 Å². The molecule has 4 heteroatoms. The van der Waals surface area contributed by atoms with Crippen molar-refractivity contribution in [2.75, 3.05) is 12.4 Å². The van der Waals surface area contributed by atoms with Crippen molar-refractivity contribution in [1.29, 1.82) is 0 Å². The summed E-state index contributed by atoms with van der Waals surface area (Å²) in [4.78, 5) is 14.4. The molecular weight excluding hydrogens is 265 g/mol. The molecule has 0 aliphatic carbocycles. The highest BCUT2D eigenvalue weighted by Crippen LogP contribution is 2.25. The van der Waals surface area contributed by atoms with E-state index in [1.54, 1.807) is 6.07 Å². The van der Waals surface area contributed by atoms with Crippen LogP contribution in [0.1, 0.15) is 41.6 Å². The molecule has 0 spiro atoms. The zero-order chi connectivity index (χ0) is 13.8. The molecule has 0 bridgehead atoms. The first-order chi connectivity index (χ1) is 9.13. The maximum atomic E-state index is 13.3. The quantitative estimate of drug-likeness (QED) is 0.771. The van der Waals surface area contributed by atoms with Crippen LogP contribution in [-0.4, -0.2) is 29.3 Å². The topological polar surface area (TPSA) is 20.3 Å². The summed E-state index contributed by atoms with van der Waals surface area (Å²) in [5.41, 5.74) is 1.31. The van der Waals surface area contributed by atoms with Gasteiger partial charge in [0.1, 0.15) is 5.82 Å². The minimum absolute atomic E-state index is 0.0472. The summed E-state index contributed by atoms with van der Waals surface area (Å²) in [5, 5.41) is 0. The van der Waals surface area contributed by atoms with Gasteiger partial charge in [-0.3, -0.25) is 4.79 Å². The molecule has 1 unspecified atom stereocenters. The standard InChI is InChI=1S/C15H19ClFNO/c1-11-6-7-12(17)10-14(11)15(19)18-9-3-5-13(18)4-2-8-16/h6-7,10,13H,2-5,8-9H2,1H3. The number of benzene rings is 1. The normalized spacial score (nSPS) is 18.9. The number of carbonyl (C=O) groups excluding carboxylic acids is 1. The number of amides is 1. The summed E-state index contributed by atoms with van der Waals surface area (Å²) in [6.07, 6.45) is 3.89. The molecule has 1 atom stereocenters. The third kappa shape index (κ3) is 3.27. The predicted molar refractivity (Wildman–Crippen MR) is 75.1 cm³/mol. The molecule has 1 aliphatic rings. The van der Waals surface area contributed by atoms with Crippen LogP contribution in [0.2, 0.25) is 0 Å². The lowest BCUT2D eigenvalue weighted by Gasteiger charge is -2.25. The average molecular weight is 284 g/mol. The van der Waals surface area contributed by atoms with Gasteiger partial charge in [0.15, 0.2) is 0 Å². The third-order valence-corrected chi connectivity index (χ3v) is 4.01. The molecule has 1 heterocycles. The third-order valence-electron chi connectivity index (χ3n) is 3.74. The van der Waals surface area contributed by atoms with Crippen LogP contribution in [-0.2, 0) is 0 Å². The van der Waals surface area contributed by atoms with Crippen LogP contribution in [0.5, 0.6) is 0 Å². The minimum Gasteiger partial charge on any atom is -0.336 e. The molecule has 0 radical (unpaired) electrons. The number of aryl methyl sites for hydroxylation is 1. The van der Waals surface area contributed by atoms with E-state index in [-0.39, 0.29) is 17.8 Å². The fourth-order valence-corrected chi connectivity index (χ4v) is 2.85. The molecule has 1 aromatic carbocycles. The van der Waals surface area contributed by atoms with Crippen molar-refractivity contribution in [3.05, 3.63) is 35.1 Å². The Morgan fingerprint density at radius 2 is 2.32 bits per heavy atom. The zero-order valence-corrected chi connectivity index (χ0v) is 11.9. The smallest absolute Gasteiger partial charge is 0.254 e. The van der Waals surface area contributed by atoms with E-state index in [0.717, 1.165) is 37.8 Å². The first kappa shape index (κ1) is 14.3. The lowest BCUT2D eigenvalue weighted by Crippen LogP contribution is -2.36. The number of likely N-dealkylation sites (tertiary alicyclic amines) is 1. The summed E-state index contributed by atoms with van der Waals surface area (Å²) in [6, 6.07) is 4.65. The maximum Gasteiger partial charge on any atom is 0.254 e. The van der Waals surface area contributed by atoms with Gasteiger partial charge in [-0.1, -0.05) is 6.07 Å². The number of hydrogen-bond acceptors (Lipinski definition) is 1. The minimum atomic E-state index is -0.356. The van der Waals surface area contributed by atoms with Gasteiger partial charge in [-0.2, -0.15) is 0 Å². The predicted octanol–water partition coefficient (Wildman–Crippen LogP) is 3.76. The Morgan fingerprint density at radius 1 is 1.53 bits per heavy atom. The van der Waals surface area contributed by atoms with E-state index >= 15 is 0 Å². The summed E-state index contributed by atoms with van der Waals surface area (Å²) in [5.74, 6) is 0.219. The Kier molecular flexibility index (Phi) is 4.81. The van der Waals surface area contributed by atoms with Gasteiger partial charge in [0, 0.05) is 24.0 Å². The number of rotatable bonds is 4. The highest BCUT2D eigenvalue weighted by atomic mass is 35.5. The van der Waals surface area contributed by atoms with Crippen LogP contribution >= 0.6 is 11.6 Å². The van der Waals surface area contributed by atoms with E-state index in [1.807, 2.05) is 11.8 Å². The number of carbonyl (C=O) groups is 1. The van der Waals surface area contributed by atoms with Crippen LogP contribution in [0.4, 0.5) is 4.39 Å². The van der Waals surface area contributed by atoms with Gasteiger partial charge in [-0.15, -0.1) is 11.6 Å². The Hall–Kier alpha value is -1.09. The Bertz CT molecular complexity index is 463. The highest BCUT2D eigenvalue weighted by Gasteiger charge is 2.29. The molecule has 1 aromatic rings. The van der Waals surface area contributed by atoms with Crippen molar-refractivity contribution >= 4 is 17.5 Å². The summed E-state index contributed by atoms with van der Waals surface area (Å²) in [6.45, 7) is 2.61. The van der Waals surface area contributed by atoms with Gasteiger partial charge in [0.25, 0.3) is 5.91 Å². The molecule has 19 heavy (non-hydrogen) atoms. The Labute approximate surface area is 118 Å². The first-order valence-corrected chi connectivity index (χ1v) is 7.30. The number of halogens is 2. The van der Waals surface area contributed by atoms with Crippen molar-refractivity contribution in [2.45, 2.75) is 38.6 Å². The molecule has 0 aromatic heterocycles. The molecule has 104 valence electrons. The van der Waals surface area contributed by atoms with Crippen LogP contribution < -0.4 is 0 Å². The fourth-order valence-electron chi connectivity index (χ4n) is 2.70. The second-order valence-electron chi connectivity index (χ2n) is 5.09. The van der Waals surface area contributed by atoms with Crippen molar-refractivity contribution in [3.63, 3.8) is 0 Å². The van der Waals surface area contributed by atoms with Gasteiger partial charge in [0.05, 0.1) is 0 Å². The molecule has 1 saturated heterocycles. The van der Waals surface area contributed by atoms with Crippen LogP contribution in [0.25, 0.3) is 0 Å². The largest absolute Gasteiger partial charge is 0.336 e. The van der Waals surface area contributed by atoms with E-state index in [1.165, 1.54) is 12.1 Å². The molecule has 0 saturated carbocycles. The lowest BCUT2D eigenvalue weighted by molar-refractivity contribution is 0.0729. The highest BCUT2D eigenvalue weighted by molar-refractivity contribution is 6.17. The Balaban J connectivity index is 2.16. The first-order valence-electron chi connectivity index (χ1n) is 6.76. The van der Waals surface area contributed by atoms with Gasteiger partial charge < -0.3 is 4.90 Å². The molecule has 2 nitrogen and oxygen atoms in total. The molecule has 2 rings (SSSR count). The molecule has 1 aliphatic heterocycles. The van der Waals surface area contributed by atoms with E-state index in [0.29, 0.717) is 11.4 Å². The lowest BCUT2D eigenvalue weighted by atomic mass is 10.1. The van der Waals surface area contributed by atoms with Gasteiger partial charge in [-0.25, -0.2) is 4.39 Å². The maximum absolute atomic E-state index is 13.3. The van der Waals surface area contributed by atoms with Crippen molar-refractivity contribution < 1.29 is 9.18 Å². The van der Waals surface area contributed by atoms with Gasteiger partial charge >= 0.3 is 0 Å². The second-order valence-corrected chi connectivity index (χ2v) is 5.46. The second kappa shape index (κ2) is 6.38. The molecular formula is C15H19ClFNO. The van der Waals surface area contributed by atoms with Crippen molar-refractivity contribution in [2.24, 2.45) is 0 Å². The van der Waals surface area contributed by atoms with Crippen LogP contribution in [0.3, 0.4) is 0 Å². The zero-order valence-electron chi connectivity index (χ0n) is 11.2. The number of alkyl halides is 1. The van der Waals surface area contributed by atoms with E-state index in [2.05, 4.69) is 0 Å². The van der Waals surface area contributed by atoms with E-state index < -0.39 is 0 Å². The van der Waals surface area contributed by atoms with Crippen molar-refractivity contribution in [3.8, 4) is 0 Å². The molecule has 1 fully saturated rings. The van der Waals surface area contributed by atoms with E-state index in [9.17, 15) is 9.18 Å². The van der Waals surface area contributed by atoms with Crippen LogP contribution in [0, 0.1) is 12.7 Å². The van der Waals surface area contributed by atoms with Crippen LogP contribution in [0.15, 0.2) is 18.2 Å². The fraction of sp³-hybridized carbons (Fsp3) is 0.533. The van der Waals surface area contributed by atoms with Gasteiger partial charge in [0.2, 0.25) is 0 Å². The molecule has 0 N–H and O–H groups in total. The summed E-state index contributed by atoms with van der Waals surface area (Å²) >= 11 is 5.72.